The van der Waals surface area contributed by atoms with E-state index in [1.165, 1.54) is 30.6 Å². The second kappa shape index (κ2) is 9.61. The SMILES string of the molecule is CC(C)N(CC(=O)N1CC(=O)N(c2ccc(Cl)cc2)C1)C(=O)CCC1CCCC1. The highest BCUT2D eigenvalue weighted by Crippen LogP contribution is 2.29. The first kappa shape index (κ1) is 21.6. The van der Waals surface area contributed by atoms with E-state index in [9.17, 15) is 14.4 Å². The molecule has 6 nitrogen and oxygen atoms in total. The maximum absolute atomic E-state index is 12.8. The van der Waals surface area contributed by atoms with Crippen molar-refractivity contribution in [3.63, 3.8) is 0 Å². The molecule has 0 radical (unpaired) electrons. The van der Waals surface area contributed by atoms with Crippen molar-refractivity contribution >= 4 is 35.0 Å². The summed E-state index contributed by atoms with van der Waals surface area (Å²) in [4.78, 5) is 42.7. The van der Waals surface area contributed by atoms with Gasteiger partial charge in [0.05, 0.1) is 0 Å². The zero-order chi connectivity index (χ0) is 21.0. The molecule has 3 amide bonds. The summed E-state index contributed by atoms with van der Waals surface area (Å²) >= 11 is 5.91. The fourth-order valence-corrected chi connectivity index (χ4v) is 4.26. The van der Waals surface area contributed by atoms with Crippen LogP contribution in [0, 0.1) is 5.92 Å². The minimum atomic E-state index is -0.197. The molecular formula is C22H30ClN3O3. The van der Waals surface area contributed by atoms with Crippen LogP contribution in [0.1, 0.15) is 52.4 Å². The predicted octanol–water partition coefficient (Wildman–Crippen LogP) is 3.68. The molecule has 1 aromatic carbocycles. The molecule has 0 bridgehead atoms. The molecule has 7 heteroatoms. The average molecular weight is 420 g/mol. The van der Waals surface area contributed by atoms with Gasteiger partial charge < -0.3 is 9.80 Å². The number of benzene rings is 1. The molecule has 0 N–H and O–H groups in total. The van der Waals surface area contributed by atoms with Crippen LogP contribution < -0.4 is 4.90 Å². The molecule has 2 fully saturated rings. The maximum Gasteiger partial charge on any atom is 0.248 e. The molecule has 0 aromatic heterocycles. The van der Waals surface area contributed by atoms with Crippen molar-refractivity contribution in [2.75, 3.05) is 24.7 Å². The molecule has 1 heterocycles. The second-order valence-corrected chi connectivity index (χ2v) is 8.77. The van der Waals surface area contributed by atoms with Gasteiger partial charge in [-0.1, -0.05) is 37.3 Å². The van der Waals surface area contributed by atoms with E-state index in [2.05, 4.69) is 0 Å². The smallest absolute Gasteiger partial charge is 0.248 e. The lowest BCUT2D eigenvalue weighted by Crippen LogP contribution is -2.45. The molecule has 1 saturated heterocycles. The van der Waals surface area contributed by atoms with E-state index >= 15 is 0 Å². The quantitative estimate of drug-likeness (QED) is 0.677. The van der Waals surface area contributed by atoms with Gasteiger partial charge in [0, 0.05) is 23.2 Å². The Labute approximate surface area is 177 Å². The van der Waals surface area contributed by atoms with Gasteiger partial charge in [-0.25, -0.2) is 0 Å². The number of nitrogens with zero attached hydrogens (tertiary/aromatic N) is 3. The van der Waals surface area contributed by atoms with Gasteiger partial charge in [-0.15, -0.1) is 0 Å². The van der Waals surface area contributed by atoms with E-state index in [4.69, 9.17) is 11.6 Å². The lowest BCUT2D eigenvalue weighted by Gasteiger charge is -2.28. The summed E-state index contributed by atoms with van der Waals surface area (Å²) in [6.45, 7) is 4.10. The number of anilines is 1. The number of hydrogen-bond donors (Lipinski definition) is 0. The molecule has 158 valence electrons. The molecule has 1 aliphatic carbocycles. The maximum atomic E-state index is 12.8. The Morgan fingerprint density at radius 2 is 1.83 bits per heavy atom. The molecule has 2 aliphatic rings. The fourth-order valence-electron chi connectivity index (χ4n) is 4.14. The molecule has 0 spiro atoms. The van der Waals surface area contributed by atoms with E-state index in [0.29, 0.717) is 23.0 Å². The first-order chi connectivity index (χ1) is 13.8. The third-order valence-electron chi connectivity index (χ3n) is 5.92. The predicted molar refractivity (Wildman–Crippen MR) is 114 cm³/mol. The Bertz CT molecular complexity index is 744. The highest BCUT2D eigenvalue weighted by molar-refractivity contribution is 6.30. The van der Waals surface area contributed by atoms with Crippen LogP contribution in [-0.2, 0) is 14.4 Å². The molecule has 1 aliphatic heterocycles. The van der Waals surface area contributed by atoms with Crippen LogP contribution in [-0.4, -0.2) is 53.3 Å². The van der Waals surface area contributed by atoms with Crippen molar-refractivity contribution in [3.8, 4) is 0 Å². The fraction of sp³-hybridized carbons (Fsp3) is 0.591. The van der Waals surface area contributed by atoms with E-state index in [1.807, 2.05) is 13.8 Å². The van der Waals surface area contributed by atoms with Crippen LogP contribution >= 0.6 is 11.6 Å². The lowest BCUT2D eigenvalue weighted by molar-refractivity contribution is -0.141. The van der Waals surface area contributed by atoms with Crippen LogP contribution in [0.25, 0.3) is 0 Å². The van der Waals surface area contributed by atoms with Crippen molar-refractivity contribution in [1.82, 2.24) is 9.80 Å². The molecular weight excluding hydrogens is 390 g/mol. The summed E-state index contributed by atoms with van der Waals surface area (Å²) < 4.78 is 0. The van der Waals surface area contributed by atoms with Crippen LogP contribution in [0.15, 0.2) is 24.3 Å². The summed E-state index contributed by atoms with van der Waals surface area (Å²) in [5.74, 6) is 0.343. The zero-order valence-corrected chi connectivity index (χ0v) is 18.0. The number of hydrogen-bond acceptors (Lipinski definition) is 3. The summed E-state index contributed by atoms with van der Waals surface area (Å²) in [6, 6.07) is 6.92. The number of rotatable bonds is 7. The largest absolute Gasteiger partial charge is 0.331 e. The topological polar surface area (TPSA) is 60.9 Å². The van der Waals surface area contributed by atoms with Gasteiger partial charge >= 0.3 is 0 Å². The van der Waals surface area contributed by atoms with Crippen LogP contribution in [0.5, 0.6) is 0 Å². The van der Waals surface area contributed by atoms with Crippen molar-refractivity contribution in [1.29, 1.82) is 0 Å². The summed E-state index contributed by atoms with van der Waals surface area (Å²) in [7, 11) is 0. The highest BCUT2D eigenvalue weighted by atomic mass is 35.5. The first-order valence-electron chi connectivity index (χ1n) is 10.5. The van der Waals surface area contributed by atoms with E-state index in [1.54, 1.807) is 34.1 Å². The van der Waals surface area contributed by atoms with Gasteiger partial charge in [0.15, 0.2) is 0 Å². The minimum Gasteiger partial charge on any atom is -0.331 e. The summed E-state index contributed by atoms with van der Waals surface area (Å²) in [5.41, 5.74) is 0.711. The second-order valence-electron chi connectivity index (χ2n) is 8.34. The molecule has 1 aromatic rings. The van der Waals surface area contributed by atoms with Crippen molar-refractivity contribution < 1.29 is 14.4 Å². The standard InChI is InChI=1S/C22H30ClN3O3/c1-16(2)25(20(27)12-7-17-5-3-4-6-17)14-21(28)24-13-22(29)26(15-24)19-10-8-18(23)9-11-19/h8-11,16-17H,3-7,12-15H2,1-2H3. The highest BCUT2D eigenvalue weighted by Gasteiger charge is 2.33. The summed E-state index contributed by atoms with van der Waals surface area (Å²) in [5, 5.41) is 0.594. The number of carbonyl (C=O) groups excluding carboxylic acids is 3. The van der Waals surface area contributed by atoms with Crippen molar-refractivity contribution in [2.24, 2.45) is 5.92 Å². The zero-order valence-electron chi connectivity index (χ0n) is 17.3. The summed E-state index contributed by atoms with van der Waals surface area (Å²) in [6.07, 6.45) is 6.35. The number of amides is 3. The number of halogens is 1. The van der Waals surface area contributed by atoms with Gasteiger partial charge in [-0.2, -0.15) is 0 Å². The molecule has 0 unspecified atom stereocenters. The molecule has 29 heavy (non-hydrogen) atoms. The van der Waals surface area contributed by atoms with Crippen molar-refractivity contribution in [2.45, 2.75) is 58.4 Å². The van der Waals surface area contributed by atoms with E-state index < -0.39 is 0 Å². The van der Waals surface area contributed by atoms with Gasteiger partial charge in [-0.3, -0.25) is 19.3 Å². The average Bonchev–Trinajstić information content (AvgIpc) is 3.34. The van der Waals surface area contributed by atoms with Gasteiger partial charge in [0.1, 0.15) is 19.8 Å². The van der Waals surface area contributed by atoms with Crippen LogP contribution in [0.2, 0.25) is 5.02 Å². The van der Waals surface area contributed by atoms with Crippen LogP contribution in [0.4, 0.5) is 5.69 Å². The number of carbonyl (C=O) groups is 3. The van der Waals surface area contributed by atoms with E-state index in [0.717, 1.165) is 6.42 Å². The lowest BCUT2D eigenvalue weighted by atomic mass is 10.0. The Kier molecular flexibility index (Phi) is 7.17. The Morgan fingerprint density at radius 3 is 2.45 bits per heavy atom. The van der Waals surface area contributed by atoms with Gasteiger partial charge in [0.25, 0.3) is 0 Å². The Hall–Kier alpha value is -2.08. The monoisotopic (exact) mass is 419 g/mol. The van der Waals surface area contributed by atoms with Gasteiger partial charge in [0.2, 0.25) is 17.7 Å². The van der Waals surface area contributed by atoms with E-state index in [-0.39, 0.29) is 43.5 Å². The third-order valence-corrected chi connectivity index (χ3v) is 6.17. The molecule has 3 rings (SSSR count). The van der Waals surface area contributed by atoms with Crippen molar-refractivity contribution in [3.05, 3.63) is 29.3 Å². The van der Waals surface area contributed by atoms with Gasteiger partial charge in [-0.05, 0) is 50.5 Å². The Morgan fingerprint density at radius 1 is 1.17 bits per heavy atom. The van der Waals surface area contributed by atoms with Crippen LogP contribution in [0.3, 0.4) is 0 Å². The first-order valence-corrected chi connectivity index (χ1v) is 10.9. The Balaban J connectivity index is 1.57. The molecule has 0 atom stereocenters. The third kappa shape index (κ3) is 5.50. The molecule has 1 saturated carbocycles. The normalized spacial score (nSPS) is 17.4. The minimum absolute atomic E-state index is 0.0168.